The van der Waals surface area contributed by atoms with Crippen molar-refractivity contribution in [1.82, 2.24) is 5.32 Å². The van der Waals surface area contributed by atoms with E-state index in [0.717, 1.165) is 21.9 Å². The summed E-state index contributed by atoms with van der Waals surface area (Å²) in [7, 11) is -3.86. The average molecular weight is 540 g/mol. The van der Waals surface area contributed by atoms with Crippen molar-refractivity contribution in [2.45, 2.75) is 30.2 Å². The van der Waals surface area contributed by atoms with Crippen LogP contribution in [-0.4, -0.2) is 26.8 Å². The number of sulfonamides is 1. The molecule has 0 spiro atoms. The van der Waals surface area contributed by atoms with E-state index >= 15 is 0 Å². The second kappa shape index (κ2) is 11.1. The number of rotatable bonds is 8. The number of para-hydroxylation sites is 1. The molecule has 2 N–H and O–H groups in total. The number of anilines is 2. The minimum absolute atomic E-state index is 0.125. The Kier molecular flexibility index (Phi) is 7.47. The Morgan fingerprint density at radius 1 is 0.923 bits per heavy atom. The lowest BCUT2D eigenvalue weighted by Gasteiger charge is -2.35. The summed E-state index contributed by atoms with van der Waals surface area (Å²) in [4.78, 5) is 24.6. The summed E-state index contributed by atoms with van der Waals surface area (Å²) >= 11 is 0. The molecule has 0 aromatic heterocycles. The van der Waals surface area contributed by atoms with E-state index in [1.54, 1.807) is 24.3 Å². The van der Waals surface area contributed by atoms with Gasteiger partial charge in [0, 0.05) is 18.7 Å². The molecule has 0 aliphatic carbocycles. The smallest absolute Gasteiger partial charge is 0.264 e. The Morgan fingerprint density at radius 3 is 2.44 bits per heavy atom. The maximum Gasteiger partial charge on any atom is 0.264 e. The van der Waals surface area contributed by atoms with E-state index in [9.17, 15) is 18.0 Å². The molecule has 7 nitrogen and oxygen atoms in total. The Labute approximate surface area is 228 Å². The van der Waals surface area contributed by atoms with Crippen LogP contribution in [0.5, 0.6) is 0 Å². The molecule has 0 saturated heterocycles. The lowest BCUT2D eigenvalue weighted by Crippen LogP contribution is -2.40. The van der Waals surface area contributed by atoms with Gasteiger partial charge in [-0.1, -0.05) is 67.2 Å². The number of carbonyl (C=O) groups is 2. The summed E-state index contributed by atoms with van der Waals surface area (Å²) in [6.45, 7) is 3.71. The first-order valence-corrected chi connectivity index (χ1v) is 14.2. The number of hydrogen-bond donors (Lipinski definition) is 2. The van der Waals surface area contributed by atoms with Crippen molar-refractivity contribution in [2.75, 3.05) is 16.2 Å². The number of aryl methyl sites for hydroxylation is 1. The van der Waals surface area contributed by atoms with Gasteiger partial charge in [0.1, 0.15) is 0 Å². The molecular weight excluding hydrogens is 510 g/mol. The molecule has 2 amide bonds. The number of nitrogens with one attached hydrogen (secondary N) is 2. The SMILES string of the molecule is C=CC(=O)NC1CCN(S(=O)(=O)c2ccc(NC(=O)CCc3cccc4ccccc34)cc2)c2ccccc21. The van der Waals surface area contributed by atoms with Crippen molar-refractivity contribution in [3.8, 4) is 0 Å². The molecule has 198 valence electrons. The zero-order valence-corrected chi connectivity index (χ0v) is 22.2. The average Bonchev–Trinajstić information content (AvgIpc) is 2.96. The fourth-order valence-corrected chi connectivity index (χ4v) is 6.49. The molecule has 39 heavy (non-hydrogen) atoms. The van der Waals surface area contributed by atoms with Gasteiger partial charge in [0.2, 0.25) is 11.8 Å². The maximum atomic E-state index is 13.6. The number of nitrogens with zero attached hydrogens (tertiary/aromatic N) is 1. The van der Waals surface area contributed by atoms with Crippen LogP contribution in [0.15, 0.2) is 109 Å². The highest BCUT2D eigenvalue weighted by molar-refractivity contribution is 7.92. The van der Waals surface area contributed by atoms with Crippen molar-refractivity contribution in [3.05, 3.63) is 115 Å². The van der Waals surface area contributed by atoms with Gasteiger partial charge < -0.3 is 10.6 Å². The molecule has 0 radical (unpaired) electrons. The van der Waals surface area contributed by atoms with Gasteiger partial charge in [-0.3, -0.25) is 13.9 Å². The van der Waals surface area contributed by atoms with Crippen molar-refractivity contribution in [2.24, 2.45) is 0 Å². The molecule has 0 bridgehead atoms. The minimum atomic E-state index is -3.86. The van der Waals surface area contributed by atoms with Crippen LogP contribution in [0.3, 0.4) is 0 Å². The second-order valence-electron chi connectivity index (χ2n) is 9.40. The highest BCUT2D eigenvalue weighted by atomic mass is 32.2. The standard InChI is InChI=1S/C31H29N3O4S/c1-2-30(35)33-28-20-21-34(29-13-6-5-12-27(28)29)39(37,38)25-17-15-24(16-18-25)32-31(36)19-14-23-10-7-9-22-8-3-4-11-26(22)23/h2-13,15-18,28H,1,14,19-21H2,(H,32,36)(H,33,35). The Morgan fingerprint density at radius 2 is 1.64 bits per heavy atom. The Hall–Kier alpha value is -4.43. The lowest BCUT2D eigenvalue weighted by atomic mass is 9.98. The normalized spacial score (nSPS) is 14.9. The van der Waals surface area contributed by atoms with Crippen molar-refractivity contribution in [1.29, 1.82) is 0 Å². The molecule has 4 aromatic rings. The number of carbonyl (C=O) groups excluding carboxylic acids is 2. The van der Waals surface area contributed by atoms with Gasteiger partial charge in [-0.2, -0.15) is 0 Å². The van der Waals surface area contributed by atoms with E-state index in [2.05, 4.69) is 35.4 Å². The number of hydrogen-bond acceptors (Lipinski definition) is 4. The fraction of sp³-hybridized carbons (Fsp3) is 0.161. The highest BCUT2D eigenvalue weighted by Gasteiger charge is 2.33. The molecule has 0 saturated carbocycles. The van der Waals surface area contributed by atoms with Crippen LogP contribution in [-0.2, 0) is 26.0 Å². The predicted molar refractivity (Wildman–Crippen MR) is 154 cm³/mol. The van der Waals surface area contributed by atoms with Gasteiger partial charge in [-0.25, -0.2) is 8.42 Å². The number of fused-ring (bicyclic) bond motifs is 2. The molecule has 5 rings (SSSR count). The van der Waals surface area contributed by atoms with E-state index in [-0.39, 0.29) is 29.3 Å². The van der Waals surface area contributed by atoms with E-state index in [1.807, 2.05) is 36.4 Å². The van der Waals surface area contributed by atoms with Crippen LogP contribution in [0.25, 0.3) is 10.8 Å². The van der Waals surface area contributed by atoms with Gasteiger partial charge in [0.15, 0.2) is 0 Å². The van der Waals surface area contributed by atoms with Gasteiger partial charge >= 0.3 is 0 Å². The topological polar surface area (TPSA) is 95.6 Å². The first kappa shape index (κ1) is 26.2. The molecule has 1 atom stereocenters. The molecule has 0 fully saturated rings. The molecule has 1 aliphatic heterocycles. The van der Waals surface area contributed by atoms with E-state index < -0.39 is 10.0 Å². The Balaban J connectivity index is 1.27. The van der Waals surface area contributed by atoms with Gasteiger partial charge in [-0.05, 0) is 71.1 Å². The van der Waals surface area contributed by atoms with E-state index in [1.165, 1.54) is 22.5 Å². The zero-order valence-electron chi connectivity index (χ0n) is 21.3. The summed E-state index contributed by atoms with van der Waals surface area (Å²) in [5.41, 5.74) is 2.91. The fourth-order valence-electron chi connectivity index (χ4n) is 4.98. The summed E-state index contributed by atoms with van der Waals surface area (Å²) in [5.74, 6) is -0.447. The van der Waals surface area contributed by atoms with E-state index in [0.29, 0.717) is 30.6 Å². The first-order chi connectivity index (χ1) is 18.9. The van der Waals surface area contributed by atoms with Crippen LogP contribution < -0.4 is 14.9 Å². The lowest BCUT2D eigenvalue weighted by molar-refractivity contribution is -0.117. The van der Waals surface area contributed by atoms with Crippen LogP contribution in [0.4, 0.5) is 11.4 Å². The van der Waals surface area contributed by atoms with Crippen molar-refractivity contribution < 1.29 is 18.0 Å². The predicted octanol–water partition coefficient (Wildman–Crippen LogP) is 5.35. The quantitative estimate of drug-likeness (QED) is 0.295. The number of amides is 2. The molecular formula is C31H29N3O4S. The summed E-state index contributed by atoms with van der Waals surface area (Å²) in [6, 6.07) is 27.2. The van der Waals surface area contributed by atoms with Gasteiger partial charge in [0.05, 0.1) is 16.6 Å². The van der Waals surface area contributed by atoms with Crippen molar-refractivity contribution in [3.63, 3.8) is 0 Å². The third kappa shape index (κ3) is 5.56. The molecule has 8 heteroatoms. The third-order valence-electron chi connectivity index (χ3n) is 6.93. The molecule has 4 aromatic carbocycles. The van der Waals surface area contributed by atoms with Crippen molar-refractivity contribution >= 4 is 44.0 Å². The molecule has 1 heterocycles. The van der Waals surface area contributed by atoms with Crippen LogP contribution in [0.1, 0.15) is 30.0 Å². The first-order valence-electron chi connectivity index (χ1n) is 12.8. The van der Waals surface area contributed by atoms with Crippen LogP contribution in [0, 0.1) is 0 Å². The number of benzene rings is 4. The second-order valence-corrected chi connectivity index (χ2v) is 11.3. The highest BCUT2D eigenvalue weighted by Crippen LogP contribution is 2.37. The molecule has 1 unspecified atom stereocenters. The summed E-state index contributed by atoms with van der Waals surface area (Å²) < 4.78 is 28.5. The third-order valence-corrected chi connectivity index (χ3v) is 8.76. The summed E-state index contributed by atoms with van der Waals surface area (Å²) in [6.07, 6.45) is 2.54. The maximum absolute atomic E-state index is 13.6. The largest absolute Gasteiger partial charge is 0.346 e. The summed E-state index contributed by atoms with van der Waals surface area (Å²) in [5, 5.41) is 8.02. The minimum Gasteiger partial charge on any atom is -0.346 e. The van der Waals surface area contributed by atoms with Gasteiger partial charge in [0.25, 0.3) is 10.0 Å². The monoisotopic (exact) mass is 539 g/mol. The zero-order chi connectivity index (χ0) is 27.4. The molecule has 1 aliphatic rings. The van der Waals surface area contributed by atoms with E-state index in [4.69, 9.17) is 0 Å². The Bertz CT molecular complexity index is 1640. The van der Waals surface area contributed by atoms with Crippen LogP contribution >= 0.6 is 0 Å². The van der Waals surface area contributed by atoms with Gasteiger partial charge in [-0.15, -0.1) is 0 Å². The van der Waals surface area contributed by atoms with Crippen LogP contribution in [0.2, 0.25) is 0 Å².